The van der Waals surface area contributed by atoms with E-state index in [4.69, 9.17) is 24.5 Å². The van der Waals surface area contributed by atoms with Gasteiger partial charge in [-0.25, -0.2) is 19.6 Å². The molecule has 0 radical (unpaired) electrons. The van der Waals surface area contributed by atoms with Crippen LogP contribution in [-0.2, 0) is 20.9 Å². The third kappa shape index (κ3) is 10.1. The number of ether oxygens (including phenoxy) is 1. The Labute approximate surface area is 211 Å². The minimum atomic E-state index is -5.08. The summed E-state index contributed by atoms with van der Waals surface area (Å²) in [4.78, 5) is 32.9. The molecule has 206 valence electrons. The number of aliphatic carboxylic acids is 2. The van der Waals surface area contributed by atoms with E-state index in [2.05, 4.69) is 37.3 Å². The quantitative estimate of drug-likeness (QED) is 0.546. The van der Waals surface area contributed by atoms with Gasteiger partial charge in [0.1, 0.15) is 0 Å². The fourth-order valence-electron chi connectivity index (χ4n) is 3.65. The smallest absolute Gasteiger partial charge is 0.475 e. The molecule has 9 nitrogen and oxygen atoms in total. The number of hydrogen-bond donors (Lipinski definition) is 2. The zero-order valence-electron chi connectivity index (χ0n) is 19.2. The summed E-state index contributed by atoms with van der Waals surface area (Å²) in [6.45, 7) is 6.81. The second-order valence-corrected chi connectivity index (χ2v) is 9.20. The van der Waals surface area contributed by atoms with Gasteiger partial charge in [-0.1, -0.05) is 6.07 Å². The van der Waals surface area contributed by atoms with Gasteiger partial charge in [0.15, 0.2) is 0 Å². The molecule has 2 saturated heterocycles. The summed E-state index contributed by atoms with van der Waals surface area (Å²) in [7, 11) is 0. The van der Waals surface area contributed by atoms with Crippen molar-refractivity contribution >= 4 is 29.2 Å². The molecule has 1 atom stereocenters. The summed E-state index contributed by atoms with van der Waals surface area (Å²) in [5.74, 6) is -4.67. The molecule has 4 heterocycles. The lowest BCUT2D eigenvalue weighted by molar-refractivity contribution is -0.193. The molecule has 1 unspecified atom stereocenters. The van der Waals surface area contributed by atoms with Crippen LogP contribution in [0.4, 0.5) is 32.3 Å². The van der Waals surface area contributed by atoms with Crippen molar-refractivity contribution in [1.29, 1.82) is 0 Å². The molecule has 0 aliphatic carbocycles. The molecule has 0 aromatic carbocycles. The Morgan fingerprint density at radius 2 is 1.59 bits per heavy atom. The lowest BCUT2D eigenvalue weighted by Gasteiger charge is -2.31. The molecule has 0 saturated carbocycles. The first-order valence-corrected chi connectivity index (χ1v) is 11.5. The molecule has 2 N–H and O–H groups in total. The van der Waals surface area contributed by atoms with Crippen LogP contribution in [0.1, 0.15) is 11.3 Å². The number of carbonyl (C=O) groups is 2. The average molecular weight is 559 g/mol. The van der Waals surface area contributed by atoms with Gasteiger partial charge in [0, 0.05) is 55.4 Å². The van der Waals surface area contributed by atoms with E-state index in [-0.39, 0.29) is 5.41 Å². The Morgan fingerprint density at radius 1 is 1.00 bits per heavy atom. The van der Waals surface area contributed by atoms with Gasteiger partial charge in [-0.05, 0) is 23.9 Å². The first kappa shape index (κ1) is 30.2. The van der Waals surface area contributed by atoms with Gasteiger partial charge in [-0.15, -0.1) is 11.3 Å². The topological polar surface area (TPSA) is 116 Å². The third-order valence-electron chi connectivity index (χ3n) is 5.24. The van der Waals surface area contributed by atoms with Gasteiger partial charge in [0.05, 0.1) is 13.2 Å². The number of aromatic nitrogens is 2. The van der Waals surface area contributed by atoms with Crippen molar-refractivity contribution in [2.75, 3.05) is 44.3 Å². The molecule has 2 aromatic rings. The largest absolute Gasteiger partial charge is 0.490 e. The molecule has 37 heavy (non-hydrogen) atoms. The predicted molar refractivity (Wildman–Crippen MR) is 119 cm³/mol. The maximum absolute atomic E-state index is 10.6. The Balaban J connectivity index is 0.000000286. The number of alkyl halides is 6. The lowest BCUT2D eigenvalue weighted by Crippen LogP contribution is -2.40. The number of thiophene rings is 1. The third-order valence-corrected chi connectivity index (χ3v) is 6.10. The standard InChI is InChI=1S/C17H22N4OS.2C2HF3O2/c1-3-15(23-10-1)11-20-8-9-22-14-17(12-20)4-7-21(13-17)16-18-5-2-6-19-16;2*3-2(4,5)1(6)7/h1-3,5-6,10H,4,7-9,11-14H2;2*(H,6,7). The van der Waals surface area contributed by atoms with E-state index in [1.807, 2.05) is 29.8 Å². The number of anilines is 1. The van der Waals surface area contributed by atoms with E-state index < -0.39 is 24.3 Å². The van der Waals surface area contributed by atoms with Crippen LogP contribution in [0, 0.1) is 5.41 Å². The van der Waals surface area contributed by atoms with E-state index >= 15 is 0 Å². The van der Waals surface area contributed by atoms with E-state index in [0.717, 1.165) is 58.3 Å². The predicted octanol–water partition coefficient (Wildman–Crippen LogP) is 3.53. The first-order chi connectivity index (χ1) is 17.2. The fraction of sp³-hybridized carbons (Fsp3) is 0.524. The molecule has 16 heteroatoms. The molecule has 1 spiro atoms. The number of hydrogen-bond acceptors (Lipinski definition) is 8. The Hall–Kier alpha value is -2.98. The van der Waals surface area contributed by atoms with Gasteiger partial charge in [0.25, 0.3) is 0 Å². The molecular formula is C21H24F6N4O5S. The number of nitrogens with zero attached hydrogens (tertiary/aromatic N) is 4. The molecule has 0 amide bonds. The Kier molecular flexibility index (Phi) is 10.6. The van der Waals surface area contributed by atoms with Crippen LogP contribution in [0.15, 0.2) is 36.0 Å². The minimum Gasteiger partial charge on any atom is -0.475 e. The minimum absolute atomic E-state index is 0.201. The van der Waals surface area contributed by atoms with E-state index in [1.54, 1.807) is 0 Å². The molecule has 0 bridgehead atoms. The van der Waals surface area contributed by atoms with Gasteiger partial charge in [-0.2, -0.15) is 26.3 Å². The highest BCUT2D eigenvalue weighted by molar-refractivity contribution is 7.09. The van der Waals surface area contributed by atoms with Gasteiger partial charge in [-0.3, -0.25) is 4.90 Å². The van der Waals surface area contributed by atoms with Crippen molar-refractivity contribution < 1.29 is 50.9 Å². The molecule has 2 aliphatic heterocycles. The Bertz CT molecular complexity index is 970. The highest BCUT2D eigenvalue weighted by atomic mass is 32.1. The van der Waals surface area contributed by atoms with Crippen LogP contribution < -0.4 is 4.90 Å². The molecule has 4 rings (SSSR count). The van der Waals surface area contributed by atoms with Crippen LogP contribution in [0.2, 0.25) is 0 Å². The van der Waals surface area contributed by atoms with Crippen LogP contribution in [0.25, 0.3) is 0 Å². The van der Waals surface area contributed by atoms with Crippen LogP contribution in [0.5, 0.6) is 0 Å². The van der Waals surface area contributed by atoms with Crippen LogP contribution in [0.3, 0.4) is 0 Å². The SMILES string of the molecule is O=C(O)C(F)(F)F.O=C(O)C(F)(F)F.c1cnc(N2CCC3(COCCN(Cc4cccs4)C3)C2)nc1. The highest BCUT2D eigenvalue weighted by Gasteiger charge is 2.42. The fourth-order valence-corrected chi connectivity index (χ4v) is 4.39. The van der Waals surface area contributed by atoms with Crippen molar-refractivity contribution in [2.45, 2.75) is 25.3 Å². The normalized spacial score (nSPS) is 20.3. The Morgan fingerprint density at radius 3 is 2.11 bits per heavy atom. The number of carboxylic acid groups (broad SMARTS) is 2. The summed E-state index contributed by atoms with van der Waals surface area (Å²) < 4.78 is 69.4. The van der Waals surface area contributed by atoms with Crippen molar-refractivity contribution in [3.8, 4) is 0 Å². The van der Waals surface area contributed by atoms with Crippen LogP contribution in [-0.4, -0.2) is 88.8 Å². The van der Waals surface area contributed by atoms with Crippen molar-refractivity contribution in [3.05, 3.63) is 40.8 Å². The second kappa shape index (κ2) is 13.0. The zero-order chi connectivity index (χ0) is 27.7. The van der Waals surface area contributed by atoms with Gasteiger partial charge >= 0.3 is 24.3 Å². The maximum Gasteiger partial charge on any atom is 0.490 e. The molecular weight excluding hydrogens is 534 g/mol. The number of rotatable bonds is 3. The average Bonchev–Trinajstić information content (AvgIpc) is 3.42. The molecule has 2 fully saturated rings. The number of carboxylic acids is 2. The summed E-state index contributed by atoms with van der Waals surface area (Å²) in [6.07, 6.45) is -5.38. The molecule has 2 aromatic heterocycles. The van der Waals surface area contributed by atoms with Crippen molar-refractivity contribution in [1.82, 2.24) is 14.9 Å². The summed E-state index contributed by atoms with van der Waals surface area (Å²) in [5.41, 5.74) is 0.201. The summed E-state index contributed by atoms with van der Waals surface area (Å²) in [5, 5.41) is 16.4. The first-order valence-electron chi connectivity index (χ1n) is 10.7. The highest BCUT2D eigenvalue weighted by Crippen LogP contribution is 2.35. The van der Waals surface area contributed by atoms with E-state index in [1.165, 1.54) is 4.88 Å². The maximum atomic E-state index is 10.6. The van der Waals surface area contributed by atoms with Crippen molar-refractivity contribution in [2.24, 2.45) is 5.41 Å². The number of halogens is 6. The molecule has 2 aliphatic rings. The summed E-state index contributed by atoms with van der Waals surface area (Å²) >= 11 is 1.84. The van der Waals surface area contributed by atoms with Crippen LogP contribution >= 0.6 is 11.3 Å². The van der Waals surface area contributed by atoms with E-state index in [9.17, 15) is 26.3 Å². The van der Waals surface area contributed by atoms with E-state index in [0.29, 0.717) is 0 Å². The van der Waals surface area contributed by atoms with Gasteiger partial charge in [0.2, 0.25) is 5.95 Å². The lowest BCUT2D eigenvalue weighted by atomic mass is 9.87. The van der Waals surface area contributed by atoms with Gasteiger partial charge < -0.3 is 19.8 Å². The monoisotopic (exact) mass is 558 g/mol. The summed E-state index contributed by atoms with van der Waals surface area (Å²) in [6, 6.07) is 6.23. The van der Waals surface area contributed by atoms with Crippen molar-refractivity contribution in [3.63, 3.8) is 0 Å². The second-order valence-electron chi connectivity index (χ2n) is 8.17. The zero-order valence-corrected chi connectivity index (χ0v) is 20.0.